The number of aliphatic carboxylic acids is 1. The molecule has 0 amide bonds. The third kappa shape index (κ3) is 3.73. The normalized spacial score (nSPS) is 12.7. The van der Waals surface area contributed by atoms with E-state index in [1.807, 2.05) is 0 Å². The van der Waals surface area contributed by atoms with Crippen LogP contribution in [0.4, 0.5) is 8.78 Å². The zero-order chi connectivity index (χ0) is 15.6. The van der Waals surface area contributed by atoms with Gasteiger partial charge < -0.3 is 5.11 Å². The van der Waals surface area contributed by atoms with E-state index in [0.29, 0.717) is 5.56 Å². The van der Waals surface area contributed by atoms with Crippen molar-refractivity contribution in [2.45, 2.75) is 30.6 Å². The number of benzene rings is 1. The second-order valence-corrected chi connectivity index (χ2v) is 6.46. The molecule has 20 heavy (non-hydrogen) atoms. The monoisotopic (exact) mass is 307 g/mol. The number of sulfonamides is 1. The van der Waals surface area contributed by atoms with Crippen molar-refractivity contribution < 1.29 is 27.1 Å². The molecule has 0 aliphatic rings. The van der Waals surface area contributed by atoms with Crippen LogP contribution in [-0.2, 0) is 20.2 Å². The van der Waals surface area contributed by atoms with E-state index in [-0.39, 0.29) is 4.90 Å². The minimum Gasteiger partial charge on any atom is -0.481 e. The molecule has 5 nitrogen and oxygen atoms in total. The summed E-state index contributed by atoms with van der Waals surface area (Å²) in [5.41, 5.74) is -0.753. The van der Waals surface area contributed by atoms with Crippen LogP contribution in [-0.4, -0.2) is 32.5 Å². The first-order valence-corrected chi connectivity index (χ1v) is 7.17. The number of carboxylic acids is 1. The van der Waals surface area contributed by atoms with Gasteiger partial charge in [0.15, 0.2) is 0 Å². The molecule has 0 atom stereocenters. The van der Waals surface area contributed by atoms with Crippen molar-refractivity contribution >= 4 is 16.0 Å². The van der Waals surface area contributed by atoms with Crippen LogP contribution in [0.15, 0.2) is 29.2 Å². The molecule has 0 spiro atoms. The molecule has 0 bridgehead atoms. The van der Waals surface area contributed by atoms with Crippen LogP contribution in [0.1, 0.15) is 19.4 Å². The maximum absolute atomic E-state index is 12.0. The smallest absolute Gasteiger partial charge is 0.313 e. The molecule has 0 unspecified atom stereocenters. The summed E-state index contributed by atoms with van der Waals surface area (Å²) < 4.78 is 49.1. The van der Waals surface area contributed by atoms with E-state index >= 15 is 0 Å². The highest BCUT2D eigenvalue weighted by molar-refractivity contribution is 7.89. The molecule has 2 N–H and O–H groups in total. The van der Waals surface area contributed by atoms with E-state index in [1.54, 1.807) is 4.72 Å². The van der Waals surface area contributed by atoms with Crippen molar-refractivity contribution in [3.05, 3.63) is 29.8 Å². The molecular weight excluding hydrogens is 292 g/mol. The number of halogens is 2. The van der Waals surface area contributed by atoms with Crippen LogP contribution in [0.3, 0.4) is 0 Å². The van der Waals surface area contributed by atoms with Crippen LogP contribution < -0.4 is 4.72 Å². The minimum absolute atomic E-state index is 0.192. The summed E-state index contributed by atoms with van der Waals surface area (Å²) in [4.78, 5) is 10.9. The molecule has 112 valence electrons. The van der Waals surface area contributed by atoms with Crippen molar-refractivity contribution in [3.8, 4) is 0 Å². The lowest BCUT2D eigenvalue weighted by molar-refractivity contribution is -0.142. The first-order valence-electron chi connectivity index (χ1n) is 5.69. The Morgan fingerprint density at radius 3 is 2.20 bits per heavy atom. The van der Waals surface area contributed by atoms with E-state index in [9.17, 15) is 22.0 Å². The summed E-state index contributed by atoms with van der Waals surface area (Å²) in [7, 11) is -4.02. The highest BCUT2D eigenvalue weighted by Crippen LogP contribution is 2.24. The van der Waals surface area contributed by atoms with E-state index < -0.39 is 34.4 Å². The number of hydrogen-bond acceptors (Lipinski definition) is 3. The first kappa shape index (κ1) is 16.5. The lowest BCUT2D eigenvalue weighted by atomic mass is 9.85. The molecule has 1 aromatic rings. The fraction of sp³-hybridized carbons (Fsp3) is 0.417. The summed E-state index contributed by atoms with van der Waals surface area (Å²) in [6, 6.07) is 5.08. The molecule has 0 aliphatic carbocycles. The standard InChI is InChI=1S/C12H15F2NO4S/c1-12(2,11(16)17)8-3-5-9(6-4-8)20(18,19)15-7-10(13)14/h3-6,10,15H,7H2,1-2H3,(H,16,17). The molecule has 0 heterocycles. The number of nitrogens with one attached hydrogen (secondary N) is 1. The summed E-state index contributed by atoms with van der Waals surface area (Å²) >= 11 is 0. The largest absolute Gasteiger partial charge is 0.481 e. The maximum Gasteiger partial charge on any atom is 0.313 e. The van der Waals surface area contributed by atoms with Crippen molar-refractivity contribution in [2.24, 2.45) is 0 Å². The van der Waals surface area contributed by atoms with Gasteiger partial charge in [-0.05, 0) is 31.5 Å². The molecular formula is C12H15F2NO4S. The van der Waals surface area contributed by atoms with Gasteiger partial charge >= 0.3 is 5.97 Å². The third-order valence-electron chi connectivity index (χ3n) is 2.85. The fourth-order valence-electron chi connectivity index (χ4n) is 1.43. The Morgan fingerprint density at radius 2 is 1.80 bits per heavy atom. The van der Waals surface area contributed by atoms with Gasteiger partial charge in [-0.1, -0.05) is 12.1 Å². The number of alkyl halides is 2. The van der Waals surface area contributed by atoms with Crippen LogP contribution in [0, 0.1) is 0 Å². The molecule has 0 radical (unpaired) electrons. The number of carboxylic acid groups (broad SMARTS) is 1. The molecule has 0 saturated heterocycles. The molecule has 0 aliphatic heterocycles. The van der Waals surface area contributed by atoms with Gasteiger partial charge in [0.05, 0.1) is 16.9 Å². The van der Waals surface area contributed by atoms with E-state index in [4.69, 9.17) is 5.11 Å². The average molecular weight is 307 g/mol. The lowest BCUT2D eigenvalue weighted by Crippen LogP contribution is -2.30. The quantitative estimate of drug-likeness (QED) is 0.836. The minimum atomic E-state index is -4.02. The van der Waals surface area contributed by atoms with Crippen LogP contribution >= 0.6 is 0 Å². The second kappa shape index (κ2) is 5.84. The van der Waals surface area contributed by atoms with Gasteiger partial charge in [0.25, 0.3) is 6.43 Å². The molecule has 1 aromatic carbocycles. The maximum atomic E-state index is 12.0. The summed E-state index contributed by atoms with van der Waals surface area (Å²) in [6.45, 7) is 1.99. The molecule has 8 heteroatoms. The Labute approximate surface area is 115 Å². The van der Waals surface area contributed by atoms with Crippen LogP contribution in [0.25, 0.3) is 0 Å². The zero-order valence-electron chi connectivity index (χ0n) is 10.9. The highest BCUT2D eigenvalue weighted by atomic mass is 32.2. The number of carbonyl (C=O) groups is 1. The van der Waals surface area contributed by atoms with Crippen molar-refractivity contribution in [1.82, 2.24) is 4.72 Å². The summed E-state index contributed by atoms with van der Waals surface area (Å²) in [6.07, 6.45) is -2.78. The first-order chi connectivity index (χ1) is 9.07. The van der Waals surface area contributed by atoms with Gasteiger partial charge in [-0.15, -0.1) is 0 Å². The SMILES string of the molecule is CC(C)(C(=O)O)c1ccc(S(=O)(=O)NCC(F)F)cc1. The van der Waals surface area contributed by atoms with Gasteiger partial charge in [-0.25, -0.2) is 21.9 Å². The topological polar surface area (TPSA) is 83.5 Å². The average Bonchev–Trinajstić information content (AvgIpc) is 2.36. The van der Waals surface area contributed by atoms with Crippen molar-refractivity contribution in [1.29, 1.82) is 0 Å². The van der Waals surface area contributed by atoms with E-state index in [0.717, 1.165) is 0 Å². The fourth-order valence-corrected chi connectivity index (χ4v) is 2.44. The van der Waals surface area contributed by atoms with Crippen molar-refractivity contribution in [3.63, 3.8) is 0 Å². The molecule has 0 saturated carbocycles. The zero-order valence-corrected chi connectivity index (χ0v) is 11.7. The Morgan fingerprint density at radius 1 is 1.30 bits per heavy atom. The highest BCUT2D eigenvalue weighted by Gasteiger charge is 2.29. The molecule has 1 rings (SSSR count). The number of rotatable bonds is 6. The summed E-state index contributed by atoms with van der Waals surface area (Å²) in [5, 5.41) is 9.06. The predicted octanol–water partition coefficient (Wildman–Crippen LogP) is 1.59. The Hall–Kier alpha value is -1.54. The van der Waals surface area contributed by atoms with Crippen LogP contribution in [0.5, 0.6) is 0 Å². The summed E-state index contributed by atoms with van der Waals surface area (Å²) in [5.74, 6) is -1.05. The van der Waals surface area contributed by atoms with Gasteiger partial charge in [-0.3, -0.25) is 4.79 Å². The lowest BCUT2D eigenvalue weighted by Gasteiger charge is -2.19. The Kier molecular flexibility index (Phi) is 4.82. The second-order valence-electron chi connectivity index (χ2n) is 4.70. The van der Waals surface area contributed by atoms with E-state index in [1.165, 1.54) is 38.1 Å². The third-order valence-corrected chi connectivity index (χ3v) is 4.29. The Bertz CT molecular complexity index is 582. The Balaban J connectivity index is 3.00. The molecule has 0 aromatic heterocycles. The van der Waals surface area contributed by atoms with Gasteiger partial charge in [0.1, 0.15) is 0 Å². The van der Waals surface area contributed by atoms with Gasteiger partial charge in [0.2, 0.25) is 10.0 Å². The van der Waals surface area contributed by atoms with Gasteiger partial charge in [0, 0.05) is 0 Å². The van der Waals surface area contributed by atoms with E-state index in [2.05, 4.69) is 0 Å². The van der Waals surface area contributed by atoms with Gasteiger partial charge in [-0.2, -0.15) is 0 Å². The van der Waals surface area contributed by atoms with Crippen LogP contribution in [0.2, 0.25) is 0 Å². The molecule has 0 fully saturated rings. The number of hydrogen-bond donors (Lipinski definition) is 2. The van der Waals surface area contributed by atoms with Crippen molar-refractivity contribution in [2.75, 3.05) is 6.54 Å². The predicted molar refractivity (Wildman–Crippen MR) is 68.3 cm³/mol.